The Kier molecular flexibility index (Phi) is 4.68. The first-order valence-corrected chi connectivity index (χ1v) is 10.5. The minimum Gasteiger partial charge on any atom is -0.382 e. The number of hydrogen-bond acceptors (Lipinski definition) is 5. The number of nitrogen functional groups attached to an aromatic ring is 1. The highest BCUT2D eigenvalue weighted by molar-refractivity contribution is 7.21. The summed E-state index contributed by atoms with van der Waals surface area (Å²) in [7, 11) is 1.92. The Morgan fingerprint density at radius 2 is 1.39 bits per heavy atom. The van der Waals surface area contributed by atoms with E-state index in [0.717, 1.165) is 15.9 Å². The third-order valence-electron chi connectivity index (χ3n) is 5.02. The highest BCUT2D eigenvalue weighted by Crippen LogP contribution is 2.29. The van der Waals surface area contributed by atoms with Gasteiger partial charge in [-0.3, -0.25) is 4.79 Å². The van der Waals surface area contributed by atoms with Gasteiger partial charge in [0.05, 0.1) is 28.2 Å². The van der Waals surface area contributed by atoms with Crippen LogP contribution in [0, 0.1) is 0 Å². The van der Waals surface area contributed by atoms with Gasteiger partial charge in [0.2, 0.25) is 5.69 Å². The largest absolute Gasteiger partial charge is 0.409 e. The highest BCUT2D eigenvalue weighted by atomic mass is 32.1. The van der Waals surface area contributed by atoms with Crippen molar-refractivity contribution in [1.82, 2.24) is 9.36 Å². The topological polar surface area (TPSA) is 81.5 Å². The second-order valence-corrected chi connectivity index (χ2v) is 7.95. The number of benzene rings is 3. The average molecular weight is 428 g/mol. The Hall–Kier alpha value is -4.04. The molecule has 2 aromatic heterocycles. The van der Waals surface area contributed by atoms with Crippen LogP contribution in [-0.4, -0.2) is 9.36 Å². The van der Waals surface area contributed by atoms with E-state index in [2.05, 4.69) is 10.2 Å². The summed E-state index contributed by atoms with van der Waals surface area (Å²) in [4.78, 5) is 13.4. The lowest BCUT2D eigenvalue weighted by molar-refractivity contribution is -0.627. The number of nitrogens with zero attached hydrogens (tertiary/aromatic N) is 5. The zero-order chi connectivity index (χ0) is 21.4. The normalized spacial score (nSPS) is 11.5. The first-order chi connectivity index (χ1) is 15.1. The van der Waals surface area contributed by atoms with Gasteiger partial charge in [0, 0.05) is 0 Å². The Bertz CT molecular complexity index is 1470. The molecule has 0 aliphatic heterocycles. The smallest absolute Gasteiger partial charge is 0.382 e. The van der Waals surface area contributed by atoms with Crippen molar-refractivity contribution in [3.8, 4) is 11.4 Å². The van der Waals surface area contributed by atoms with E-state index >= 15 is 0 Å². The predicted molar refractivity (Wildman–Crippen MR) is 123 cm³/mol. The Morgan fingerprint density at radius 1 is 0.806 bits per heavy atom. The summed E-state index contributed by atoms with van der Waals surface area (Å²) < 4.78 is 6.22. The number of aromatic nitrogens is 3. The van der Waals surface area contributed by atoms with Crippen LogP contribution in [0.1, 0.15) is 0 Å². The first kappa shape index (κ1) is 19.0. The zero-order valence-corrected chi connectivity index (χ0v) is 17.5. The maximum Gasteiger partial charge on any atom is 0.409 e. The molecule has 7 nitrogen and oxygen atoms in total. The van der Waals surface area contributed by atoms with E-state index in [4.69, 9.17) is 5.73 Å². The predicted octanol–water partition coefficient (Wildman–Crippen LogP) is 4.67. The van der Waals surface area contributed by atoms with Gasteiger partial charge < -0.3 is 5.73 Å². The van der Waals surface area contributed by atoms with Crippen LogP contribution in [0.4, 0.5) is 16.6 Å². The quantitative estimate of drug-likeness (QED) is 0.334. The van der Waals surface area contributed by atoms with Crippen molar-refractivity contribution < 1.29 is 4.57 Å². The third-order valence-corrected chi connectivity index (χ3v) is 6.12. The fraction of sp³-hybridized carbons (Fsp3) is 0.0435. The molecule has 0 aliphatic carbocycles. The van der Waals surface area contributed by atoms with Gasteiger partial charge >= 0.3 is 10.7 Å². The van der Waals surface area contributed by atoms with E-state index in [0.29, 0.717) is 10.8 Å². The summed E-state index contributed by atoms with van der Waals surface area (Å²) in [6.45, 7) is 0. The van der Waals surface area contributed by atoms with Crippen molar-refractivity contribution in [3.63, 3.8) is 0 Å². The van der Waals surface area contributed by atoms with E-state index in [1.54, 1.807) is 4.68 Å². The summed E-state index contributed by atoms with van der Waals surface area (Å²) >= 11 is 1.50. The van der Waals surface area contributed by atoms with E-state index in [1.165, 1.54) is 16.0 Å². The van der Waals surface area contributed by atoms with Crippen LogP contribution in [0.5, 0.6) is 0 Å². The third kappa shape index (κ3) is 3.23. The monoisotopic (exact) mass is 427 g/mol. The molecule has 152 valence electrons. The second kappa shape index (κ2) is 7.66. The highest BCUT2D eigenvalue weighted by Gasteiger charge is 2.23. The van der Waals surface area contributed by atoms with Crippen LogP contribution in [-0.2, 0) is 7.05 Å². The minimum absolute atomic E-state index is 0.102. The molecule has 0 unspecified atom stereocenters. The van der Waals surface area contributed by atoms with E-state index in [1.807, 2.05) is 96.5 Å². The molecule has 0 radical (unpaired) electrons. The van der Waals surface area contributed by atoms with Gasteiger partial charge in [-0.2, -0.15) is 0 Å². The number of rotatable bonds is 4. The van der Waals surface area contributed by atoms with Gasteiger partial charge in [-0.25, -0.2) is 13.9 Å². The number of fused-ring (bicyclic) bond motifs is 1. The van der Waals surface area contributed by atoms with Crippen molar-refractivity contribution in [2.24, 2.45) is 17.3 Å². The molecule has 5 aromatic rings. The van der Waals surface area contributed by atoms with Crippen LogP contribution >= 0.6 is 11.3 Å². The van der Waals surface area contributed by atoms with Crippen molar-refractivity contribution in [2.75, 3.05) is 5.73 Å². The molecule has 0 amide bonds. The Balaban J connectivity index is 1.69. The maximum absolute atomic E-state index is 13.4. The number of para-hydroxylation sites is 3. The fourth-order valence-electron chi connectivity index (χ4n) is 3.50. The zero-order valence-electron chi connectivity index (χ0n) is 16.7. The van der Waals surface area contributed by atoms with Gasteiger partial charge in [-0.05, 0) is 52.8 Å². The summed E-state index contributed by atoms with van der Waals surface area (Å²) in [5.41, 5.74) is 8.71. The first-order valence-electron chi connectivity index (χ1n) is 9.69. The van der Waals surface area contributed by atoms with Crippen molar-refractivity contribution >= 4 is 38.2 Å². The lowest BCUT2D eigenvalue weighted by atomic mass is 10.3. The standard InChI is InChI=1S/C23H18N6OS/c1-27-18-14-8-9-15-19(18)31-23(27)26-25-20-21(24)28(16-10-4-2-5-11-16)29(22(20)30)17-12-6-3-7-13-17/h2-15,24H,1H3/p+1. The number of anilines is 1. The lowest BCUT2D eigenvalue weighted by Crippen LogP contribution is -2.25. The number of azo groups is 1. The number of hydrogen-bond donors (Lipinski definition) is 1. The second-order valence-electron chi connectivity index (χ2n) is 6.95. The molecule has 0 saturated carbocycles. The number of nitrogens with two attached hydrogens (primary N) is 1. The Labute approximate surface area is 181 Å². The minimum atomic E-state index is -0.333. The van der Waals surface area contributed by atoms with Crippen molar-refractivity contribution in [2.45, 2.75) is 0 Å². The van der Waals surface area contributed by atoms with Crippen LogP contribution in [0.2, 0.25) is 0 Å². The van der Waals surface area contributed by atoms with Gasteiger partial charge in [-0.15, -0.1) is 0 Å². The molecular weight excluding hydrogens is 408 g/mol. The van der Waals surface area contributed by atoms with Crippen LogP contribution in [0.3, 0.4) is 0 Å². The lowest BCUT2D eigenvalue weighted by Gasteiger charge is -2.12. The molecule has 0 fully saturated rings. The van der Waals surface area contributed by atoms with Crippen LogP contribution in [0.25, 0.3) is 21.6 Å². The summed E-state index contributed by atoms with van der Waals surface area (Å²) in [6.07, 6.45) is 0. The molecular formula is C23H19N6OS+. The SMILES string of the molecule is C[n+]1c(N=Nc2c(N)n(-c3ccccc3)n(-c3ccccc3)c2=O)sc2ccccc21. The molecule has 0 aliphatic rings. The van der Waals surface area contributed by atoms with Crippen LogP contribution < -0.4 is 15.9 Å². The van der Waals surface area contributed by atoms with Gasteiger partial charge in [0.25, 0.3) is 0 Å². The Morgan fingerprint density at radius 3 is 2.03 bits per heavy atom. The summed E-state index contributed by atoms with van der Waals surface area (Å²) in [6, 6.07) is 26.9. The van der Waals surface area contributed by atoms with E-state index < -0.39 is 0 Å². The van der Waals surface area contributed by atoms with Gasteiger partial charge in [0.1, 0.15) is 5.52 Å². The molecule has 2 N–H and O–H groups in total. The van der Waals surface area contributed by atoms with Gasteiger partial charge in [0.15, 0.2) is 5.82 Å². The summed E-state index contributed by atoms with van der Waals surface area (Å²) in [5.74, 6) is 0.229. The molecule has 3 aromatic carbocycles. The number of aryl methyl sites for hydroxylation is 1. The van der Waals surface area contributed by atoms with E-state index in [-0.39, 0.29) is 17.1 Å². The molecule has 31 heavy (non-hydrogen) atoms. The van der Waals surface area contributed by atoms with E-state index in [9.17, 15) is 4.79 Å². The van der Waals surface area contributed by atoms with Crippen molar-refractivity contribution in [1.29, 1.82) is 0 Å². The molecule has 8 heteroatoms. The average Bonchev–Trinajstić information content (AvgIpc) is 3.26. The fourth-order valence-corrected chi connectivity index (χ4v) is 4.47. The number of thiazole rings is 1. The summed E-state index contributed by atoms with van der Waals surface area (Å²) in [5, 5.41) is 9.36. The molecule has 0 atom stereocenters. The van der Waals surface area contributed by atoms with Gasteiger partial charge in [-0.1, -0.05) is 48.5 Å². The molecule has 0 saturated heterocycles. The maximum atomic E-state index is 13.4. The molecule has 0 bridgehead atoms. The molecule has 2 heterocycles. The van der Waals surface area contributed by atoms with Crippen LogP contribution in [0.15, 0.2) is 100.0 Å². The van der Waals surface area contributed by atoms with Crippen molar-refractivity contribution in [3.05, 3.63) is 95.3 Å². The molecule has 5 rings (SSSR count). The molecule has 0 spiro atoms.